The molecule has 1 N–H and O–H groups in total. The van der Waals surface area contributed by atoms with Crippen LogP contribution >= 0.6 is 0 Å². The van der Waals surface area contributed by atoms with Crippen molar-refractivity contribution >= 4 is 0 Å². The summed E-state index contributed by atoms with van der Waals surface area (Å²) in [5.74, 6) is 0. The Labute approximate surface area is 125 Å². The van der Waals surface area contributed by atoms with Crippen LogP contribution in [0.2, 0.25) is 0 Å². The van der Waals surface area contributed by atoms with E-state index in [9.17, 15) is 0 Å². The minimum Gasteiger partial charge on any atom is -0.314 e. The quantitative estimate of drug-likeness (QED) is 0.896. The molecule has 20 heavy (non-hydrogen) atoms. The maximum Gasteiger partial charge on any atom is 0.0587 e. The van der Waals surface area contributed by atoms with Crippen molar-refractivity contribution < 1.29 is 0 Å². The van der Waals surface area contributed by atoms with Crippen molar-refractivity contribution in [1.29, 1.82) is 5.26 Å². The lowest BCUT2D eigenvalue weighted by Crippen LogP contribution is -2.42. The van der Waals surface area contributed by atoms with Crippen molar-refractivity contribution in [3.63, 3.8) is 0 Å². The number of nitriles is 1. The fourth-order valence-electron chi connectivity index (χ4n) is 1.71. The summed E-state index contributed by atoms with van der Waals surface area (Å²) in [5, 5.41) is 10.7. The lowest BCUT2D eigenvalue weighted by Gasteiger charge is -2.27. The first-order valence-electron chi connectivity index (χ1n) is 7.64. The minimum atomic E-state index is 1.10. The summed E-state index contributed by atoms with van der Waals surface area (Å²) in [6, 6.07) is 12.4. The zero-order valence-corrected chi connectivity index (χ0v) is 13.8. The lowest BCUT2D eigenvalue weighted by atomic mass is 10.2. The van der Waals surface area contributed by atoms with Gasteiger partial charge >= 0.3 is 0 Å². The van der Waals surface area contributed by atoms with Gasteiger partial charge in [-0.2, -0.15) is 5.26 Å². The predicted octanol–water partition coefficient (Wildman–Crippen LogP) is 3.67. The van der Waals surface area contributed by atoms with E-state index < -0.39 is 0 Å². The molecule has 0 aromatic heterocycles. The summed E-state index contributed by atoms with van der Waals surface area (Å²) in [7, 11) is 0. The summed E-state index contributed by atoms with van der Waals surface area (Å²) in [4.78, 5) is 2.49. The van der Waals surface area contributed by atoms with E-state index in [1.54, 1.807) is 6.07 Å². The van der Waals surface area contributed by atoms with Gasteiger partial charge in [-0.05, 0) is 5.56 Å². The monoisotopic (exact) mass is 277 g/mol. The molecule has 0 atom stereocenters. The van der Waals surface area contributed by atoms with Gasteiger partial charge in [0.15, 0.2) is 0 Å². The van der Waals surface area contributed by atoms with Gasteiger partial charge in [0.25, 0.3) is 0 Å². The maximum absolute atomic E-state index is 7.32. The molecule has 0 saturated carbocycles. The Morgan fingerprint density at radius 2 is 1.50 bits per heavy atom. The first-order valence-corrected chi connectivity index (χ1v) is 7.64. The summed E-state index contributed by atoms with van der Waals surface area (Å²) in [6.07, 6.45) is 0. The van der Waals surface area contributed by atoms with Crippen LogP contribution < -0.4 is 5.32 Å². The summed E-state index contributed by atoms with van der Waals surface area (Å²) >= 11 is 0. The first kappa shape index (κ1) is 20.9. The van der Waals surface area contributed by atoms with Gasteiger partial charge in [-0.1, -0.05) is 58.0 Å². The molecule has 1 aromatic rings. The zero-order chi connectivity index (χ0) is 15.6. The van der Waals surface area contributed by atoms with Crippen molar-refractivity contribution in [2.45, 2.75) is 41.2 Å². The second-order valence-electron chi connectivity index (χ2n) is 3.74. The lowest BCUT2D eigenvalue weighted by molar-refractivity contribution is 0.233. The summed E-state index contributed by atoms with van der Waals surface area (Å²) in [6.45, 7) is 15.1. The molecule has 0 aliphatic carbocycles. The molecular weight excluding hydrogens is 246 g/mol. The van der Waals surface area contributed by atoms with Crippen LogP contribution in [0, 0.1) is 11.3 Å². The highest BCUT2D eigenvalue weighted by Crippen LogP contribution is 2.04. The molecule has 3 nitrogen and oxygen atoms in total. The molecule has 0 radical (unpaired) electrons. The normalized spacial score (nSPS) is 13.2. The Bertz CT molecular complexity index is 311. The number of hydrogen-bond acceptors (Lipinski definition) is 3. The van der Waals surface area contributed by atoms with E-state index in [0.29, 0.717) is 0 Å². The average molecular weight is 277 g/mol. The van der Waals surface area contributed by atoms with E-state index in [1.165, 1.54) is 25.6 Å². The molecule has 0 unspecified atom stereocenters. The highest BCUT2D eigenvalue weighted by molar-refractivity contribution is 5.14. The SMILES string of the molecule is CC.CC.CC#N.c1ccc(CN2CCNCC2)cc1. The van der Waals surface area contributed by atoms with Crippen LogP contribution in [0.1, 0.15) is 40.2 Å². The van der Waals surface area contributed by atoms with Gasteiger partial charge in [0, 0.05) is 39.6 Å². The van der Waals surface area contributed by atoms with Crippen LogP contribution in [0.4, 0.5) is 0 Å². The van der Waals surface area contributed by atoms with E-state index in [4.69, 9.17) is 5.26 Å². The van der Waals surface area contributed by atoms with Crippen LogP contribution in [0.25, 0.3) is 0 Å². The Morgan fingerprint density at radius 1 is 1.05 bits per heavy atom. The Morgan fingerprint density at radius 3 is 1.95 bits per heavy atom. The number of nitrogens with one attached hydrogen (secondary N) is 1. The molecule has 2 rings (SSSR count). The predicted molar refractivity (Wildman–Crippen MR) is 88.6 cm³/mol. The van der Waals surface area contributed by atoms with Crippen LogP contribution in [0.5, 0.6) is 0 Å². The first-order chi connectivity index (χ1) is 9.86. The number of benzene rings is 1. The van der Waals surface area contributed by atoms with E-state index in [2.05, 4.69) is 40.5 Å². The van der Waals surface area contributed by atoms with E-state index in [1.807, 2.05) is 27.7 Å². The van der Waals surface area contributed by atoms with Gasteiger partial charge < -0.3 is 5.32 Å². The van der Waals surface area contributed by atoms with Crippen LogP contribution in [0.15, 0.2) is 30.3 Å². The Hall–Kier alpha value is -1.37. The van der Waals surface area contributed by atoms with Crippen LogP contribution in [0.3, 0.4) is 0 Å². The van der Waals surface area contributed by atoms with Gasteiger partial charge in [0.1, 0.15) is 0 Å². The number of hydrogen-bond donors (Lipinski definition) is 1. The zero-order valence-electron chi connectivity index (χ0n) is 13.8. The Kier molecular flexibility index (Phi) is 18.5. The van der Waals surface area contributed by atoms with Gasteiger partial charge in [-0.25, -0.2) is 0 Å². The molecule has 0 amide bonds. The fraction of sp³-hybridized carbons (Fsp3) is 0.588. The van der Waals surface area contributed by atoms with Crippen molar-refractivity contribution in [2.75, 3.05) is 26.2 Å². The molecule has 1 aliphatic rings. The van der Waals surface area contributed by atoms with Crippen molar-refractivity contribution in [2.24, 2.45) is 0 Å². The third kappa shape index (κ3) is 11.7. The largest absolute Gasteiger partial charge is 0.314 e. The van der Waals surface area contributed by atoms with E-state index in [0.717, 1.165) is 19.6 Å². The molecule has 0 spiro atoms. The fourth-order valence-corrected chi connectivity index (χ4v) is 1.71. The Balaban J connectivity index is 0. The third-order valence-corrected chi connectivity index (χ3v) is 2.46. The molecule has 1 heterocycles. The van der Waals surface area contributed by atoms with Crippen molar-refractivity contribution in [3.05, 3.63) is 35.9 Å². The van der Waals surface area contributed by atoms with Crippen LogP contribution in [-0.2, 0) is 6.54 Å². The van der Waals surface area contributed by atoms with E-state index in [-0.39, 0.29) is 0 Å². The maximum atomic E-state index is 7.32. The minimum absolute atomic E-state index is 1.10. The van der Waals surface area contributed by atoms with Gasteiger partial charge in [0.05, 0.1) is 6.07 Å². The van der Waals surface area contributed by atoms with Gasteiger partial charge in [-0.3, -0.25) is 4.90 Å². The molecule has 114 valence electrons. The second-order valence-corrected chi connectivity index (χ2v) is 3.74. The third-order valence-electron chi connectivity index (χ3n) is 2.46. The molecule has 1 aliphatic heterocycles. The number of piperazine rings is 1. The molecule has 0 bridgehead atoms. The van der Waals surface area contributed by atoms with E-state index >= 15 is 0 Å². The smallest absolute Gasteiger partial charge is 0.0587 e. The van der Waals surface area contributed by atoms with Crippen molar-refractivity contribution in [1.82, 2.24) is 10.2 Å². The standard InChI is InChI=1S/C11H16N2.C2H3N.2C2H6/c1-2-4-11(5-3-1)10-13-8-6-12-7-9-13;1-2-3;2*1-2/h1-5,12H,6-10H2;1H3;2*1-2H3. The molecule has 3 heteroatoms. The molecule has 1 fully saturated rings. The van der Waals surface area contributed by atoms with Crippen molar-refractivity contribution in [3.8, 4) is 6.07 Å². The molecular formula is C17H31N3. The van der Waals surface area contributed by atoms with Crippen LogP contribution in [-0.4, -0.2) is 31.1 Å². The summed E-state index contributed by atoms with van der Waals surface area (Å²) < 4.78 is 0. The molecule has 1 aromatic carbocycles. The highest BCUT2D eigenvalue weighted by Gasteiger charge is 2.08. The average Bonchev–Trinajstić information content (AvgIpc) is 2.54. The highest BCUT2D eigenvalue weighted by atomic mass is 15.2. The number of rotatable bonds is 2. The van der Waals surface area contributed by atoms with Gasteiger partial charge in [0.2, 0.25) is 0 Å². The number of nitrogens with zero attached hydrogens (tertiary/aromatic N) is 2. The second kappa shape index (κ2) is 17.6. The van der Waals surface area contributed by atoms with Gasteiger partial charge in [-0.15, -0.1) is 0 Å². The summed E-state index contributed by atoms with van der Waals surface area (Å²) in [5.41, 5.74) is 1.42. The topological polar surface area (TPSA) is 39.1 Å². The molecule has 1 saturated heterocycles.